The molecule has 17 heavy (non-hydrogen) atoms. The zero-order valence-electron chi connectivity index (χ0n) is 9.34. The van der Waals surface area contributed by atoms with Crippen molar-refractivity contribution in [2.75, 3.05) is 0 Å². The van der Waals surface area contributed by atoms with Gasteiger partial charge in [-0.15, -0.1) is 11.3 Å². The van der Waals surface area contributed by atoms with Gasteiger partial charge in [0.1, 0.15) is 0 Å². The van der Waals surface area contributed by atoms with E-state index in [9.17, 15) is 0 Å². The van der Waals surface area contributed by atoms with Crippen LogP contribution in [-0.2, 0) is 0 Å². The van der Waals surface area contributed by atoms with Crippen molar-refractivity contribution in [3.05, 3.63) is 71.1 Å². The van der Waals surface area contributed by atoms with Crippen molar-refractivity contribution in [2.45, 2.75) is 0 Å². The van der Waals surface area contributed by atoms with Crippen molar-refractivity contribution in [1.29, 1.82) is 0 Å². The van der Waals surface area contributed by atoms with Crippen molar-refractivity contribution in [3.63, 3.8) is 0 Å². The molecular formula is C16H12S. The molecule has 0 amide bonds. The van der Waals surface area contributed by atoms with Gasteiger partial charge >= 0.3 is 0 Å². The minimum Gasteiger partial charge on any atom is -0.144 e. The Morgan fingerprint density at radius 2 is 1.59 bits per heavy atom. The van der Waals surface area contributed by atoms with E-state index >= 15 is 0 Å². The van der Waals surface area contributed by atoms with Crippen LogP contribution in [0.4, 0.5) is 0 Å². The molecule has 0 spiro atoms. The summed E-state index contributed by atoms with van der Waals surface area (Å²) >= 11 is 1.79. The van der Waals surface area contributed by atoms with E-state index in [1.54, 1.807) is 11.3 Å². The average Bonchev–Trinajstić information content (AvgIpc) is 2.85. The first-order valence-corrected chi connectivity index (χ1v) is 6.50. The van der Waals surface area contributed by atoms with Gasteiger partial charge in [-0.1, -0.05) is 48.6 Å². The summed E-state index contributed by atoms with van der Waals surface area (Å²) in [6, 6.07) is 19.1. The Hall–Kier alpha value is -1.86. The van der Waals surface area contributed by atoms with Crippen molar-refractivity contribution >= 4 is 33.6 Å². The molecule has 0 atom stereocenters. The number of hydrogen-bond acceptors (Lipinski definition) is 1. The second kappa shape index (κ2) is 4.56. The number of rotatable bonds is 2. The molecule has 82 valence electrons. The highest BCUT2D eigenvalue weighted by Crippen LogP contribution is 2.22. The summed E-state index contributed by atoms with van der Waals surface area (Å²) in [5, 5.41) is 3.46. The number of thiophene rings is 1. The van der Waals surface area contributed by atoms with Gasteiger partial charge in [0.15, 0.2) is 0 Å². The fourth-order valence-electron chi connectivity index (χ4n) is 1.85. The Morgan fingerprint density at radius 3 is 2.47 bits per heavy atom. The topological polar surface area (TPSA) is 0 Å². The van der Waals surface area contributed by atoms with Crippen LogP contribution < -0.4 is 0 Å². The highest BCUT2D eigenvalue weighted by Gasteiger charge is 1.94. The normalized spacial score (nSPS) is 11.3. The molecule has 1 heteroatoms. The Morgan fingerprint density at radius 1 is 0.765 bits per heavy atom. The van der Waals surface area contributed by atoms with E-state index < -0.39 is 0 Å². The summed E-state index contributed by atoms with van der Waals surface area (Å²) in [7, 11) is 0. The molecule has 0 aliphatic heterocycles. The molecule has 0 aliphatic carbocycles. The molecule has 0 aliphatic rings. The van der Waals surface area contributed by atoms with Gasteiger partial charge in [0.25, 0.3) is 0 Å². The van der Waals surface area contributed by atoms with Crippen LogP contribution in [0.15, 0.2) is 60.0 Å². The molecular weight excluding hydrogens is 224 g/mol. The summed E-state index contributed by atoms with van der Waals surface area (Å²) in [5.41, 5.74) is 2.48. The zero-order valence-corrected chi connectivity index (χ0v) is 10.2. The first-order chi connectivity index (χ1) is 8.42. The van der Waals surface area contributed by atoms with Crippen LogP contribution in [-0.4, -0.2) is 0 Å². The van der Waals surface area contributed by atoms with E-state index in [4.69, 9.17) is 0 Å². The van der Waals surface area contributed by atoms with Gasteiger partial charge < -0.3 is 0 Å². The van der Waals surface area contributed by atoms with Crippen LogP contribution in [0.1, 0.15) is 11.1 Å². The molecule has 3 rings (SSSR count). The third-order valence-electron chi connectivity index (χ3n) is 2.74. The predicted octanol–water partition coefficient (Wildman–Crippen LogP) is 5.07. The number of fused-ring (bicyclic) bond motifs is 1. The highest BCUT2D eigenvalue weighted by atomic mass is 32.1. The molecule has 1 heterocycles. The van der Waals surface area contributed by atoms with Crippen molar-refractivity contribution in [1.82, 2.24) is 0 Å². The molecule has 2 aromatic carbocycles. The van der Waals surface area contributed by atoms with Gasteiger partial charge in [0, 0.05) is 4.70 Å². The smallest absolute Gasteiger partial charge is 0.0343 e. The maximum Gasteiger partial charge on any atom is 0.0343 e. The maximum absolute atomic E-state index is 2.23. The largest absolute Gasteiger partial charge is 0.144 e. The molecule has 0 radical (unpaired) electrons. The lowest BCUT2D eigenvalue weighted by molar-refractivity contribution is 1.66. The van der Waals surface area contributed by atoms with Crippen LogP contribution in [0, 0.1) is 0 Å². The summed E-state index contributed by atoms with van der Waals surface area (Å²) < 4.78 is 1.35. The summed E-state index contributed by atoms with van der Waals surface area (Å²) in [6.45, 7) is 0. The fraction of sp³-hybridized carbons (Fsp3) is 0. The molecule has 0 saturated carbocycles. The lowest BCUT2D eigenvalue weighted by atomic mass is 10.1. The minimum atomic E-state index is 1.23. The van der Waals surface area contributed by atoms with Crippen LogP contribution in [0.2, 0.25) is 0 Å². The second-order valence-corrected chi connectivity index (χ2v) is 4.91. The molecule has 0 saturated heterocycles. The Kier molecular flexibility index (Phi) is 2.76. The van der Waals surface area contributed by atoms with E-state index in [2.05, 4.69) is 66.1 Å². The molecule has 0 nitrogen and oxygen atoms in total. The molecule has 0 N–H and O–H groups in total. The standard InChI is InChI=1S/C16H12S/c1-2-4-13(5-3-1)6-7-14-8-9-16-15(12-14)10-11-17-16/h1-12H/b7-6+. The van der Waals surface area contributed by atoms with Crippen LogP contribution in [0.25, 0.3) is 22.2 Å². The van der Waals surface area contributed by atoms with E-state index in [0.717, 1.165) is 0 Å². The SMILES string of the molecule is C(=C\c1ccc2sccc2c1)/c1ccccc1. The maximum atomic E-state index is 2.23. The van der Waals surface area contributed by atoms with Crippen LogP contribution in [0.3, 0.4) is 0 Å². The second-order valence-electron chi connectivity index (χ2n) is 3.96. The minimum absolute atomic E-state index is 1.23. The van der Waals surface area contributed by atoms with E-state index in [1.807, 2.05) is 6.07 Å². The summed E-state index contributed by atoms with van der Waals surface area (Å²) in [6.07, 6.45) is 4.31. The monoisotopic (exact) mass is 236 g/mol. The average molecular weight is 236 g/mol. The third kappa shape index (κ3) is 2.29. The highest BCUT2D eigenvalue weighted by molar-refractivity contribution is 7.17. The molecule has 1 aromatic heterocycles. The summed E-state index contributed by atoms with van der Waals surface area (Å²) in [4.78, 5) is 0. The van der Waals surface area contributed by atoms with Gasteiger partial charge in [0.05, 0.1) is 0 Å². The van der Waals surface area contributed by atoms with E-state index in [-0.39, 0.29) is 0 Å². The number of hydrogen-bond donors (Lipinski definition) is 0. The van der Waals surface area contributed by atoms with Gasteiger partial charge in [-0.2, -0.15) is 0 Å². The molecule has 3 aromatic rings. The summed E-state index contributed by atoms with van der Waals surface area (Å²) in [5.74, 6) is 0. The third-order valence-corrected chi connectivity index (χ3v) is 3.64. The zero-order chi connectivity index (χ0) is 11.5. The number of benzene rings is 2. The van der Waals surface area contributed by atoms with Gasteiger partial charge in [-0.25, -0.2) is 0 Å². The quantitative estimate of drug-likeness (QED) is 0.545. The van der Waals surface area contributed by atoms with Crippen molar-refractivity contribution < 1.29 is 0 Å². The van der Waals surface area contributed by atoms with Gasteiger partial charge in [-0.3, -0.25) is 0 Å². The molecule has 0 bridgehead atoms. The predicted molar refractivity (Wildman–Crippen MR) is 77.2 cm³/mol. The van der Waals surface area contributed by atoms with E-state index in [0.29, 0.717) is 0 Å². The van der Waals surface area contributed by atoms with Gasteiger partial charge in [0.2, 0.25) is 0 Å². The first kappa shape index (κ1) is 10.3. The van der Waals surface area contributed by atoms with Crippen LogP contribution >= 0.6 is 11.3 Å². The Labute approximate surface area is 105 Å². The lowest BCUT2D eigenvalue weighted by Gasteiger charge is -1.95. The van der Waals surface area contributed by atoms with Crippen molar-refractivity contribution in [2.24, 2.45) is 0 Å². The molecule has 0 fully saturated rings. The van der Waals surface area contributed by atoms with Crippen LogP contribution in [0.5, 0.6) is 0 Å². The van der Waals surface area contributed by atoms with Gasteiger partial charge in [-0.05, 0) is 40.1 Å². The Bertz CT molecular complexity index is 647. The fourth-order valence-corrected chi connectivity index (χ4v) is 2.62. The Balaban J connectivity index is 1.92. The molecule has 0 unspecified atom stereocenters. The van der Waals surface area contributed by atoms with Crippen molar-refractivity contribution in [3.8, 4) is 0 Å². The first-order valence-electron chi connectivity index (χ1n) is 5.62. The van der Waals surface area contributed by atoms with E-state index in [1.165, 1.54) is 21.2 Å². The lowest BCUT2D eigenvalue weighted by Crippen LogP contribution is -1.72.